The Balaban J connectivity index is 1.04. The second-order valence-electron chi connectivity index (χ2n) is 14.3. The molecule has 2 aromatic heterocycles. The average molecular weight is 741 g/mol. The van der Waals surface area contributed by atoms with E-state index in [9.17, 15) is 0 Å². The fourth-order valence-corrected chi connectivity index (χ4v) is 7.51. The number of hydrogen-bond acceptors (Lipinski definition) is 4. The standard InChI is InChI=1S/C54H36N4/c1-5-15-40(16-6-1)50-35-47(36-51(55-50)41-17-7-2-8-18-41)37-25-27-38(28-26-37)48-33-45-23-13-14-24-46(45)34-49(48)39-29-31-44(32-30-39)54-57-52(42-19-9-3-10-20-42)56-53(58-54)43-21-11-4-12-22-43/h1-36H. The van der Waals surface area contributed by atoms with Gasteiger partial charge in [-0.1, -0.05) is 194 Å². The lowest BCUT2D eigenvalue weighted by Crippen LogP contribution is -2.00. The number of benzene rings is 8. The Morgan fingerprint density at radius 3 is 0.914 bits per heavy atom. The summed E-state index contributed by atoms with van der Waals surface area (Å²) < 4.78 is 0. The van der Waals surface area contributed by atoms with E-state index in [0.717, 1.165) is 67.0 Å². The molecule has 0 saturated carbocycles. The van der Waals surface area contributed by atoms with E-state index < -0.39 is 0 Å². The molecule has 4 nitrogen and oxygen atoms in total. The van der Waals surface area contributed by atoms with E-state index in [1.54, 1.807) is 0 Å². The maximum Gasteiger partial charge on any atom is 0.164 e. The second-order valence-corrected chi connectivity index (χ2v) is 14.3. The number of aromatic nitrogens is 4. The SMILES string of the molecule is c1ccc(-c2cc(-c3ccc(-c4cc5ccccc5cc4-c4ccc(-c5nc(-c6ccccc6)nc(-c6ccccc6)n5)cc4)cc3)cc(-c3ccccc3)n2)cc1. The largest absolute Gasteiger partial charge is 0.248 e. The van der Waals surface area contributed by atoms with E-state index >= 15 is 0 Å². The summed E-state index contributed by atoms with van der Waals surface area (Å²) >= 11 is 0. The number of rotatable bonds is 8. The molecule has 0 amide bonds. The van der Waals surface area contributed by atoms with Gasteiger partial charge < -0.3 is 0 Å². The molecule has 0 radical (unpaired) electrons. The summed E-state index contributed by atoms with van der Waals surface area (Å²) in [4.78, 5) is 19.9. The summed E-state index contributed by atoms with van der Waals surface area (Å²) in [5, 5.41) is 2.39. The zero-order valence-corrected chi connectivity index (χ0v) is 31.6. The maximum absolute atomic E-state index is 5.09. The van der Waals surface area contributed by atoms with E-state index in [1.165, 1.54) is 16.3 Å². The molecule has 0 aliphatic rings. The molecule has 0 N–H and O–H groups in total. The molecule has 4 heteroatoms. The average Bonchev–Trinajstić information content (AvgIpc) is 3.32. The fourth-order valence-electron chi connectivity index (χ4n) is 7.51. The minimum atomic E-state index is 0.635. The Morgan fingerprint density at radius 1 is 0.207 bits per heavy atom. The van der Waals surface area contributed by atoms with Crippen molar-refractivity contribution in [1.82, 2.24) is 19.9 Å². The van der Waals surface area contributed by atoms with Crippen molar-refractivity contribution in [2.24, 2.45) is 0 Å². The maximum atomic E-state index is 5.09. The van der Waals surface area contributed by atoms with Crippen LogP contribution in [0.15, 0.2) is 218 Å². The minimum absolute atomic E-state index is 0.635. The highest BCUT2D eigenvalue weighted by Crippen LogP contribution is 2.38. The molecule has 0 atom stereocenters. The number of hydrogen-bond donors (Lipinski definition) is 0. The van der Waals surface area contributed by atoms with Gasteiger partial charge in [-0.05, 0) is 68.4 Å². The van der Waals surface area contributed by atoms with Gasteiger partial charge in [0.05, 0.1) is 11.4 Å². The van der Waals surface area contributed by atoms with E-state index in [4.69, 9.17) is 19.9 Å². The lowest BCUT2D eigenvalue weighted by molar-refractivity contribution is 1.07. The van der Waals surface area contributed by atoms with Crippen molar-refractivity contribution in [2.75, 3.05) is 0 Å². The molecule has 0 spiro atoms. The van der Waals surface area contributed by atoms with Gasteiger partial charge in [0.25, 0.3) is 0 Å². The first kappa shape index (κ1) is 34.7. The van der Waals surface area contributed by atoms with Crippen LogP contribution in [-0.2, 0) is 0 Å². The van der Waals surface area contributed by atoms with Gasteiger partial charge >= 0.3 is 0 Å². The highest BCUT2D eigenvalue weighted by Gasteiger charge is 2.15. The van der Waals surface area contributed by atoms with E-state index in [2.05, 4.69) is 146 Å². The van der Waals surface area contributed by atoms with Crippen LogP contribution in [0.25, 0.3) is 101 Å². The van der Waals surface area contributed by atoms with Crippen molar-refractivity contribution in [2.45, 2.75) is 0 Å². The van der Waals surface area contributed by atoms with Gasteiger partial charge in [-0.25, -0.2) is 19.9 Å². The first-order chi connectivity index (χ1) is 28.7. The zero-order valence-electron chi connectivity index (χ0n) is 31.6. The van der Waals surface area contributed by atoms with E-state index in [0.29, 0.717) is 17.5 Å². The zero-order chi connectivity index (χ0) is 38.7. The van der Waals surface area contributed by atoms with Gasteiger partial charge in [0.1, 0.15) is 0 Å². The van der Waals surface area contributed by atoms with Crippen molar-refractivity contribution in [3.63, 3.8) is 0 Å². The van der Waals surface area contributed by atoms with Gasteiger partial charge in [-0.3, -0.25) is 0 Å². The molecule has 0 aliphatic carbocycles. The third kappa shape index (κ3) is 7.07. The summed E-state index contributed by atoms with van der Waals surface area (Å²) in [6, 6.07) is 76.1. The van der Waals surface area contributed by atoms with Crippen LogP contribution in [-0.4, -0.2) is 19.9 Å². The van der Waals surface area contributed by atoms with Crippen LogP contribution in [0.4, 0.5) is 0 Å². The predicted molar refractivity (Wildman–Crippen MR) is 239 cm³/mol. The van der Waals surface area contributed by atoms with Crippen molar-refractivity contribution >= 4 is 10.8 Å². The third-order valence-electron chi connectivity index (χ3n) is 10.5. The van der Waals surface area contributed by atoms with Crippen LogP contribution < -0.4 is 0 Å². The first-order valence-corrected chi connectivity index (χ1v) is 19.5. The number of pyridine rings is 1. The number of fused-ring (bicyclic) bond motifs is 1. The van der Waals surface area contributed by atoms with Crippen LogP contribution in [0, 0.1) is 0 Å². The highest BCUT2D eigenvalue weighted by atomic mass is 15.0. The molecule has 58 heavy (non-hydrogen) atoms. The smallest absolute Gasteiger partial charge is 0.164 e. The lowest BCUT2D eigenvalue weighted by Gasteiger charge is -2.15. The van der Waals surface area contributed by atoms with Crippen molar-refractivity contribution in [1.29, 1.82) is 0 Å². The van der Waals surface area contributed by atoms with Crippen LogP contribution in [0.1, 0.15) is 0 Å². The van der Waals surface area contributed by atoms with Gasteiger partial charge in [0, 0.05) is 27.8 Å². The third-order valence-corrected chi connectivity index (χ3v) is 10.5. The van der Waals surface area contributed by atoms with Crippen molar-refractivity contribution < 1.29 is 0 Å². The molecule has 2 heterocycles. The van der Waals surface area contributed by atoms with Crippen LogP contribution in [0.3, 0.4) is 0 Å². The molecule has 0 aliphatic heterocycles. The Morgan fingerprint density at radius 2 is 0.517 bits per heavy atom. The molecular formula is C54H36N4. The Labute approximate surface area is 337 Å². The van der Waals surface area contributed by atoms with Crippen LogP contribution >= 0.6 is 0 Å². The number of nitrogens with zero attached hydrogens (tertiary/aromatic N) is 4. The van der Waals surface area contributed by atoms with E-state index in [1.807, 2.05) is 72.8 Å². The highest BCUT2D eigenvalue weighted by molar-refractivity contribution is 5.97. The molecule has 0 bridgehead atoms. The summed E-state index contributed by atoms with van der Waals surface area (Å²) in [7, 11) is 0. The lowest BCUT2D eigenvalue weighted by atomic mass is 9.90. The quantitative estimate of drug-likeness (QED) is 0.156. The summed E-state index contributed by atoms with van der Waals surface area (Å²) in [5.41, 5.74) is 13.7. The molecule has 0 saturated heterocycles. The molecular weight excluding hydrogens is 705 g/mol. The summed E-state index contributed by atoms with van der Waals surface area (Å²) in [5.74, 6) is 1.93. The molecule has 0 fully saturated rings. The monoisotopic (exact) mass is 740 g/mol. The fraction of sp³-hybridized carbons (Fsp3) is 0. The molecule has 8 aromatic carbocycles. The second kappa shape index (κ2) is 15.4. The van der Waals surface area contributed by atoms with Gasteiger partial charge in [0.2, 0.25) is 0 Å². The van der Waals surface area contributed by atoms with Crippen LogP contribution in [0.5, 0.6) is 0 Å². The predicted octanol–water partition coefficient (Wildman–Crippen LogP) is 13.8. The molecule has 10 rings (SSSR count). The van der Waals surface area contributed by atoms with Gasteiger partial charge in [-0.2, -0.15) is 0 Å². The Bertz CT molecular complexity index is 2680. The van der Waals surface area contributed by atoms with Gasteiger partial charge in [-0.15, -0.1) is 0 Å². The molecule has 10 aromatic rings. The van der Waals surface area contributed by atoms with Gasteiger partial charge in [0.15, 0.2) is 17.5 Å². The topological polar surface area (TPSA) is 51.6 Å². The van der Waals surface area contributed by atoms with Crippen molar-refractivity contribution in [3.05, 3.63) is 218 Å². The van der Waals surface area contributed by atoms with E-state index in [-0.39, 0.29) is 0 Å². The summed E-state index contributed by atoms with van der Waals surface area (Å²) in [6.07, 6.45) is 0. The van der Waals surface area contributed by atoms with Crippen LogP contribution in [0.2, 0.25) is 0 Å². The first-order valence-electron chi connectivity index (χ1n) is 19.5. The normalized spacial score (nSPS) is 11.1. The minimum Gasteiger partial charge on any atom is -0.248 e. The summed E-state index contributed by atoms with van der Waals surface area (Å²) in [6.45, 7) is 0. The Hall–Kier alpha value is -7.82. The molecule has 272 valence electrons. The Kier molecular flexibility index (Phi) is 9.18. The van der Waals surface area contributed by atoms with Crippen molar-refractivity contribution in [3.8, 4) is 90.1 Å². The molecule has 0 unspecified atom stereocenters.